The number of halogens is 1. The number of alkyl halides is 1. The van der Waals surface area contributed by atoms with Gasteiger partial charge in [0, 0.05) is 11.3 Å². The van der Waals surface area contributed by atoms with Gasteiger partial charge in [-0.1, -0.05) is 37.7 Å². The third-order valence-corrected chi connectivity index (χ3v) is 2.64. The van der Waals surface area contributed by atoms with Crippen LogP contribution in [-0.2, 0) is 0 Å². The Labute approximate surface area is 86.4 Å². The van der Waals surface area contributed by atoms with Crippen LogP contribution >= 0.6 is 11.6 Å². The zero-order chi connectivity index (χ0) is 9.52. The van der Waals surface area contributed by atoms with Gasteiger partial charge in [0.1, 0.15) is 0 Å². The second kappa shape index (κ2) is 6.11. The van der Waals surface area contributed by atoms with Crippen molar-refractivity contribution in [3.8, 4) is 11.8 Å². The van der Waals surface area contributed by atoms with Gasteiger partial charge in [-0.3, -0.25) is 0 Å². The first kappa shape index (κ1) is 10.7. The van der Waals surface area contributed by atoms with Crippen molar-refractivity contribution in [1.29, 1.82) is 0 Å². The number of allylic oxidation sites excluding steroid dienone is 2. The molecule has 0 N–H and O–H groups in total. The van der Waals surface area contributed by atoms with E-state index in [4.69, 9.17) is 11.6 Å². The molecule has 0 aliphatic heterocycles. The topological polar surface area (TPSA) is 0 Å². The molecule has 0 aromatic rings. The zero-order valence-electron chi connectivity index (χ0n) is 8.22. The van der Waals surface area contributed by atoms with Gasteiger partial charge in [0.2, 0.25) is 0 Å². The number of hydrogen-bond donors (Lipinski definition) is 0. The van der Waals surface area contributed by atoms with Gasteiger partial charge in [-0.05, 0) is 25.3 Å². The molecule has 0 aromatic heterocycles. The van der Waals surface area contributed by atoms with Gasteiger partial charge in [0.05, 0.1) is 0 Å². The summed E-state index contributed by atoms with van der Waals surface area (Å²) < 4.78 is 0. The molecule has 0 aromatic carbocycles. The lowest BCUT2D eigenvalue weighted by Crippen LogP contribution is -1.71. The minimum atomic E-state index is 0.334. The maximum Gasteiger partial charge on any atom is 0.0486 e. The molecule has 1 aliphatic rings. The molecule has 1 aliphatic carbocycles. The standard InChI is InChI=1S/C12H17Cl/c1-2-3-4-5-6-7-8-9-11-10-12(11)13/h6-7,11-12H,2-5,10H2,1H3/b7-6+/t11-,12-/m0/s1. The summed E-state index contributed by atoms with van der Waals surface area (Å²) in [5.41, 5.74) is 0. The Balaban J connectivity index is 1.99. The molecule has 0 radical (unpaired) electrons. The van der Waals surface area contributed by atoms with E-state index in [1.54, 1.807) is 0 Å². The molecule has 0 bridgehead atoms. The first-order valence-electron chi connectivity index (χ1n) is 5.14. The van der Waals surface area contributed by atoms with E-state index in [2.05, 4.69) is 24.8 Å². The van der Waals surface area contributed by atoms with Crippen LogP contribution in [0.15, 0.2) is 12.2 Å². The van der Waals surface area contributed by atoms with Gasteiger partial charge >= 0.3 is 0 Å². The lowest BCUT2D eigenvalue weighted by atomic mass is 10.2. The van der Waals surface area contributed by atoms with E-state index >= 15 is 0 Å². The van der Waals surface area contributed by atoms with Gasteiger partial charge in [0.25, 0.3) is 0 Å². The van der Waals surface area contributed by atoms with Crippen LogP contribution in [0.1, 0.15) is 39.0 Å². The highest BCUT2D eigenvalue weighted by molar-refractivity contribution is 6.22. The lowest BCUT2D eigenvalue weighted by Gasteiger charge is -1.89. The molecular weight excluding hydrogens is 180 g/mol. The maximum atomic E-state index is 5.81. The molecule has 1 heteroatoms. The molecule has 72 valence electrons. The van der Waals surface area contributed by atoms with Crippen LogP contribution < -0.4 is 0 Å². The molecule has 0 heterocycles. The summed E-state index contributed by atoms with van der Waals surface area (Å²) in [6, 6.07) is 0. The SMILES string of the molecule is CCCCC/C=C/C#C[C@H]1C[C@@H]1Cl. The van der Waals surface area contributed by atoms with E-state index in [9.17, 15) is 0 Å². The molecule has 1 rings (SSSR count). The highest BCUT2D eigenvalue weighted by atomic mass is 35.5. The van der Waals surface area contributed by atoms with Crippen molar-refractivity contribution in [2.45, 2.75) is 44.4 Å². The molecule has 0 spiro atoms. The summed E-state index contributed by atoms with van der Waals surface area (Å²) in [5, 5.41) is 0.334. The van der Waals surface area contributed by atoms with Crippen LogP contribution in [0.4, 0.5) is 0 Å². The summed E-state index contributed by atoms with van der Waals surface area (Å²) in [5.74, 6) is 6.64. The summed E-state index contributed by atoms with van der Waals surface area (Å²) in [6.45, 7) is 2.22. The Morgan fingerprint density at radius 2 is 2.23 bits per heavy atom. The van der Waals surface area contributed by atoms with E-state index in [0.29, 0.717) is 11.3 Å². The van der Waals surface area contributed by atoms with Crippen molar-refractivity contribution in [2.24, 2.45) is 5.92 Å². The average Bonchev–Trinajstić information content (AvgIpc) is 2.81. The first-order chi connectivity index (χ1) is 6.34. The van der Waals surface area contributed by atoms with Crippen molar-refractivity contribution in [1.82, 2.24) is 0 Å². The molecule has 1 fully saturated rings. The molecule has 0 nitrogen and oxygen atoms in total. The summed E-state index contributed by atoms with van der Waals surface area (Å²) in [6.07, 6.45) is 10.3. The van der Waals surface area contributed by atoms with Gasteiger partial charge in [0.15, 0.2) is 0 Å². The van der Waals surface area contributed by atoms with E-state index in [-0.39, 0.29) is 0 Å². The molecule has 0 amide bonds. The van der Waals surface area contributed by atoms with Crippen LogP contribution in [0.25, 0.3) is 0 Å². The predicted molar refractivity (Wildman–Crippen MR) is 58.8 cm³/mol. The molecule has 0 unspecified atom stereocenters. The number of unbranched alkanes of at least 4 members (excludes halogenated alkanes) is 3. The van der Waals surface area contributed by atoms with Crippen molar-refractivity contribution >= 4 is 11.6 Å². The molecule has 13 heavy (non-hydrogen) atoms. The van der Waals surface area contributed by atoms with Crippen LogP contribution in [0.2, 0.25) is 0 Å². The summed E-state index contributed by atoms with van der Waals surface area (Å²) in [7, 11) is 0. The molecule has 1 saturated carbocycles. The predicted octanol–water partition coefficient (Wildman–Crippen LogP) is 3.75. The zero-order valence-corrected chi connectivity index (χ0v) is 8.98. The normalized spacial score (nSPS) is 25.7. The fraction of sp³-hybridized carbons (Fsp3) is 0.667. The van der Waals surface area contributed by atoms with E-state index in [1.807, 2.05) is 6.08 Å². The Hall–Kier alpha value is -0.410. The maximum absolute atomic E-state index is 5.81. The largest absolute Gasteiger partial charge is 0.122 e. The van der Waals surface area contributed by atoms with Gasteiger partial charge < -0.3 is 0 Å². The molecular formula is C12H17Cl. The number of hydrogen-bond acceptors (Lipinski definition) is 0. The second-order valence-electron chi connectivity index (χ2n) is 3.55. The minimum Gasteiger partial charge on any atom is -0.122 e. The molecule has 2 atom stereocenters. The van der Waals surface area contributed by atoms with E-state index < -0.39 is 0 Å². The third-order valence-electron chi connectivity index (χ3n) is 2.16. The van der Waals surface area contributed by atoms with E-state index in [0.717, 1.165) is 12.8 Å². The fourth-order valence-corrected chi connectivity index (χ4v) is 1.38. The molecule has 0 saturated heterocycles. The van der Waals surface area contributed by atoms with E-state index in [1.165, 1.54) is 19.3 Å². The van der Waals surface area contributed by atoms with Crippen molar-refractivity contribution in [3.63, 3.8) is 0 Å². The lowest BCUT2D eigenvalue weighted by molar-refractivity contribution is 0.729. The van der Waals surface area contributed by atoms with Crippen molar-refractivity contribution in [3.05, 3.63) is 12.2 Å². The highest BCUT2D eigenvalue weighted by Gasteiger charge is 2.33. The second-order valence-corrected chi connectivity index (χ2v) is 4.11. The van der Waals surface area contributed by atoms with Gasteiger partial charge in [-0.2, -0.15) is 0 Å². The average molecular weight is 197 g/mol. The fourth-order valence-electron chi connectivity index (χ4n) is 1.12. The van der Waals surface area contributed by atoms with Gasteiger partial charge in [-0.15, -0.1) is 11.6 Å². The monoisotopic (exact) mass is 196 g/mol. The third kappa shape index (κ3) is 5.01. The highest BCUT2D eigenvalue weighted by Crippen LogP contribution is 2.34. The Kier molecular flexibility index (Phi) is 5.01. The summed E-state index contributed by atoms with van der Waals surface area (Å²) >= 11 is 5.81. The van der Waals surface area contributed by atoms with Crippen LogP contribution in [-0.4, -0.2) is 5.38 Å². The Morgan fingerprint density at radius 1 is 1.46 bits per heavy atom. The van der Waals surface area contributed by atoms with Crippen LogP contribution in [0, 0.1) is 17.8 Å². The first-order valence-corrected chi connectivity index (χ1v) is 5.58. The quantitative estimate of drug-likeness (QED) is 0.365. The number of rotatable bonds is 4. The smallest absolute Gasteiger partial charge is 0.0486 e. The van der Waals surface area contributed by atoms with Gasteiger partial charge in [-0.25, -0.2) is 0 Å². The Bertz CT molecular complexity index is 219. The minimum absolute atomic E-state index is 0.334. The van der Waals surface area contributed by atoms with Crippen LogP contribution in [0.5, 0.6) is 0 Å². The Morgan fingerprint density at radius 3 is 2.85 bits per heavy atom. The van der Waals surface area contributed by atoms with Crippen molar-refractivity contribution < 1.29 is 0 Å². The van der Waals surface area contributed by atoms with Crippen molar-refractivity contribution in [2.75, 3.05) is 0 Å². The summed E-state index contributed by atoms with van der Waals surface area (Å²) in [4.78, 5) is 0. The van der Waals surface area contributed by atoms with Crippen LogP contribution in [0.3, 0.4) is 0 Å².